The fraction of sp³-hybridized carbons (Fsp3) is 0.875. The van der Waals surface area contributed by atoms with E-state index in [4.69, 9.17) is 4.74 Å². The molecule has 0 saturated heterocycles. The van der Waals surface area contributed by atoms with Crippen LogP contribution >= 0.6 is 0 Å². The van der Waals surface area contributed by atoms with Gasteiger partial charge in [-0.2, -0.15) is 0 Å². The van der Waals surface area contributed by atoms with Crippen LogP contribution in [0, 0.1) is 11.3 Å². The Balaban J connectivity index is 2.55. The largest absolute Gasteiger partial charge is 0.481 e. The molecule has 0 aromatic heterocycles. The zero-order chi connectivity index (χ0) is 16.1. The Kier molecular flexibility index (Phi) is 6.05. The summed E-state index contributed by atoms with van der Waals surface area (Å²) < 4.78 is 5.17. The number of hydrogen-bond donors (Lipinski definition) is 2. The smallest absolute Gasteiger partial charge is 0.407 e. The van der Waals surface area contributed by atoms with Gasteiger partial charge >= 0.3 is 12.1 Å². The summed E-state index contributed by atoms with van der Waals surface area (Å²) in [6.07, 6.45) is 4.87. The lowest BCUT2D eigenvalue weighted by atomic mass is 9.69. The Morgan fingerprint density at radius 2 is 1.86 bits per heavy atom. The predicted octanol–water partition coefficient (Wildman–Crippen LogP) is 3.57. The lowest BCUT2D eigenvalue weighted by molar-refractivity contribution is -0.151. The number of alkyl carbamates (subject to hydrolysis) is 1. The van der Waals surface area contributed by atoms with Crippen LogP contribution in [0.1, 0.15) is 66.2 Å². The number of hydrogen-bond acceptors (Lipinski definition) is 3. The van der Waals surface area contributed by atoms with Crippen molar-refractivity contribution in [3.8, 4) is 0 Å². The van der Waals surface area contributed by atoms with E-state index in [1.807, 2.05) is 0 Å². The molecule has 1 rings (SSSR count). The molecular formula is C16H29NO4. The van der Waals surface area contributed by atoms with Crippen LogP contribution < -0.4 is 5.32 Å². The minimum Gasteiger partial charge on any atom is -0.481 e. The highest BCUT2D eigenvalue weighted by molar-refractivity contribution is 5.76. The van der Waals surface area contributed by atoms with Gasteiger partial charge in [0.05, 0.1) is 5.41 Å². The summed E-state index contributed by atoms with van der Waals surface area (Å²) in [7, 11) is 0. The lowest BCUT2D eigenvalue weighted by Crippen LogP contribution is -2.46. The number of nitrogens with one attached hydrogen (secondary N) is 1. The van der Waals surface area contributed by atoms with Crippen molar-refractivity contribution in [3.05, 3.63) is 0 Å². The van der Waals surface area contributed by atoms with Crippen molar-refractivity contribution in [2.24, 2.45) is 11.3 Å². The second kappa shape index (κ2) is 7.14. The average Bonchev–Trinajstić information content (AvgIpc) is 2.36. The summed E-state index contributed by atoms with van der Waals surface area (Å²) in [5.74, 6) is -0.183. The van der Waals surface area contributed by atoms with Gasteiger partial charge in [0, 0.05) is 6.54 Å². The summed E-state index contributed by atoms with van der Waals surface area (Å²) in [5.41, 5.74) is -1.40. The van der Waals surface area contributed by atoms with Crippen LogP contribution in [0.4, 0.5) is 4.79 Å². The molecule has 0 atom stereocenters. The van der Waals surface area contributed by atoms with Gasteiger partial charge in [-0.15, -0.1) is 0 Å². The zero-order valence-corrected chi connectivity index (χ0v) is 13.7. The van der Waals surface area contributed by atoms with E-state index in [1.54, 1.807) is 20.8 Å². The third-order valence-electron chi connectivity index (χ3n) is 4.18. The van der Waals surface area contributed by atoms with E-state index >= 15 is 0 Å². The second-order valence-corrected chi connectivity index (χ2v) is 7.17. The molecule has 0 aromatic rings. The van der Waals surface area contributed by atoms with Crippen LogP contribution in [0.3, 0.4) is 0 Å². The quantitative estimate of drug-likeness (QED) is 0.813. The maximum atomic E-state index is 11.7. The predicted molar refractivity (Wildman–Crippen MR) is 81.2 cm³/mol. The molecule has 21 heavy (non-hydrogen) atoms. The van der Waals surface area contributed by atoms with Crippen LogP contribution in [-0.2, 0) is 9.53 Å². The topological polar surface area (TPSA) is 75.6 Å². The molecule has 0 radical (unpaired) electrons. The maximum absolute atomic E-state index is 11.7. The van der Waals surface area contributed by atoms with Crippen LogP contribution in [0.25, 0.3) is 0 Å². The molecule has 1 aliphatic carbocycles. The minimum atomic E-state index is -0.832. The van der Waals surface area contributed by atoms with E-state index in [-0.39, 0.29) is 6.54 Å². The van der Waals surface area contributed by atoms with Gasteiger partial charge < -0.3 is 15.2 Å². The Morgan fingerprint density at radius 3 is 2.29 bits per heavy atom. The van der Waals surface area contributed by atoms with Gasteiger partial charge in [-0.05, 0) is 52.4 Å². The number of carbonyl (C=O) groups is 2. The van der Waals surface area contributed by atoms with E-state index in [9.17, 15) is 14.7 Å². The molecule has 122 valence electrons. The third-order valence-corrected chi connectivity index (χ3v) is 4.18. The van der Waals surface area contributed by atoms with Crippen LogP contribution in [-0.4, -0.2) is 29.3 Å². The number of ether oxygens (including phenoxy) is 1. The third kappa shape index (κ3) is 5.56. The summed E-state index contributed by atoms with van der Waals surface area (Å²) in [6.45, 7) is 7.67. The van der Waals surface area contributed by atoms with Crippen molar-refractivity contribution in [2.45, 2.75) is 71.8 Å². The highest BCUT2D eigenvalue weighted by Crippen LogP contribution is 2.40. The summed E-state index contributed by atoms with van der Waals surface area (Å²) in [6, 6.07) is 0. The second-order valence-electron chi connectivity index (χ2n) is 7.17. The molecule has 1 amide bonds. The van der Waals surface area contributed by atoms with Crippen molar-refractivity contribution >= 4 is 12.1 Å². The molecule has 5 heteroatoms. The first-order chi connectivity index (χ1) is 9.68. The zero-order valence-electron chi connectivity index (χ0n) is 13.7. The van der Waals surface area contributed by atoms with Gasteiger partial charge in [0.2, 0.25) is 0 Å². The van der Waals surface area contributed by atoms with Gasteiger partial charge in [0.25, 0.3) is 0 Å². The number of carboxylic acid groups (broad SMARTS) is 1. The summed E-state index contributed by atoms with van der Waals surface area (Å²) in [4.78, 5) is 23.4. The number of rotatable bonds is 5. The van der Waals surface area contributed by atoms with Crippen molar-refractivity contribution in [1.29, 1.82) is 0 Å². The highest BCUT2D eigenvalue weighted by Gasteiger charge is 2.42. The number of carbonyl (C=O) groups excluding carboxylic acids is 1. The fourth-order valence-electron chi connectivity index (χ4n) is 2.95. The van der Waals surface area contributed by atoms with Crippen molar-refractivity contribution in [2.75, 3.05) is 6.54 Å². The number of aliphatic carboxylic acids is 1. The molecular weight excluding hydrogens is 270 g/mol. The molecule has 0 aliphatic heterocycles. The molecule has 0 bridgehead atoms. The van der Waals surface area contributed by atoms with Crippen LogP contribution in [0.5, 0.6) is 0 Å². The number of carboxylic acids is 1. The first kappa shape index (κ1) is 17.8. The fourth-order valence-corrected chi connectivity index (χ4v) is 2.95. The van der Waals surface area contributed by atoms with Crippen molar-refractivity contribution in [3.63, 3.8) is 0 Å². The van der Waals surface area contributed by atoms with E-state index in [0.717, 1.165) is 25.7 Å². The van der Waals surface area contributed by atoms with Crippen molar-refractivity contribution < 1.29 is 19.4 Å². The minimum absolute atomic E-state index is 0.149. The highest BCUT2D eigenvalue weighted by atomic mass is 16.6. The molecule has 0 spiro atoms. The standard InChI is InChI=1S/C16H29NO4/c1-5-6-12-7-9-16(10-8-12,13(18)19)11-17-14(20)21-15(2,3)4/h12H,5-11H2,1-4H3,(H,17,20)(H,18,19). The monoisotopic (exact) mass is 299 g/mol. The molecule has 0 unspecified atom stereocenters. The average molecular weight is 299 g/mol. The van der Waals surface area contributed by atoms with Crippen LogP contribution in [0.2, 0.25) is 0 Å². The van der Waals surface area contributed by atoms with E-state index in [1.165, 1.54) is 0 Å². The molecule has 1 fully saturated rings. The van der Waals surface area contributed by atoms with E-state index < -0.39 is 23.1 Å². The summed E-state index contributed by atoms with van der Waals surface area (Å²) >= 11 is 0. The Bertz CT molecular complexity index is 365. The van der Waals surface area contributed by atoms with E-state index in [2.05, 4.69) is 12.2 Å². The van der Waals surface area contributed by atoms with Gasteiger partial charge in [-0.25, -0.2) is 4.79 Å². The summed E-state index contributed by atoms with van der Waals surface area (Å²) in [5, 5.41) is 12.2. The van der Waals surface area contributed by atoms with Gasteiger partial charge in [-0.1, -0.05) is 19.8 Å². The Morgan fingerprint density at radius 1 is 1.29 bits per heavy atom. The van der Waals surface area contributed by atoms with Crippen molar-refractivity contribution in [1.82, 2.24) is 5.32 Å². The molecule has 1 aliphatic rings. The maximum Gasteiger partial charge on any atom is 0.407 e. The Hall–Kier alpha value is -1.26. The van der Waals surface area contributed by atoms with Gasteiger partial charge in [-0.3, -0.25) is 4.79 Å². The van der Waals surface area contributed by atoms with E-state index in [0.29, 0.717) is 18.8 Å². The number of amides is 1. The van der Waals surface area contributed by atoms with Gasteiger partial charge in [0.1, 0.15) is 5.60 Å². The molecule has 2 N–H and O–H groups in total. The first-order valence-corrected chi connectivity index (χ1v) is 7.89. The molecule has 5 nitrogen and oxygen atoms in total. The molecule has 1 saturated carbocycles. The lowest BCUT2D eigenvalue weighted by Gasteiger charge is -2.37. The normalized spacial score (nSPS) is 26.2. The first-order valence-electron chi connectivity index (χ1n) is 7.89. The SMILES string of the molecule is CCCC1CCC(CNC(=O)OC(C)(C)C)(C(=O)O)CC1. The van der Waals surface area contributed by atoms with Gasteiger partial charge in [0.15, 0.2) is 0 Å². The Labute approximate surface area is 127 Å². The molecule has 0 aromatic carbocycles. The molecule has 0 heterocycles. The van der Waals surface area contributed by atoms with Crippen LogP contribution in [0.15, 0.2) is 0 Å².